The van der Waals surface area contributed by atoms with Crippen molar-refractivity contribution in [1.29, 1.82) is 5.26 Å². The summed E-state index contributed by atoms with van der Waals surface area (Å²) in [6.07, 6.45) is 0.449. The Hall–Kier alpha value is -2.20. The smallest absolute Gasteiger partial charge is 0.225 e. The monoisotopic (exact) mass is 354 g/mol. The van der Waals surface area contributed by atoms with Crippen molar-refractivity contribution in [2.45, 2.75) is 13.0 Å². The second-order valence-electron chi connectivity index (χ2n) is 6.15. The van der Waals surface area contributed by atoms with Crippen LogP contribution in [0.3, 0.4) is 0 Å². The normalized spacial score (nSPS) is 15.6. The van der Waals surface area contributed by atoms with E-state index in [-0.39, 0.29) is 5.91 Å². The second kappa shape index (κ2) is 8.77. The number of piperazine rings is 1. The van der Waals surface area contributed by atoms with Crippen molar-refractivity contribution in [1.82, 2.24) is 9.80 Å². The minimum Gasteiger partial charge on any atom is -0.325 e. The maximum atomic E-state index is 12.1. The van der Waals surface area contributed by atoms with E-state index in [4.69, 9.17) is 5.26 Å². The van der Waals surface area contributed by atoms with Crippen LogP contribution in [0.2, 0.25) is 0 Å². The summed E-state index contributed by atoms with van der Waals surface area (Å²) >= 11 is 1.80. The first kappa shape index (κ1) is 17.6. The molecule has 0 bridgehead atoms. The van der Waals surface area contributed by atoms with Gasteiger partial charge in [0.1, 0.15) is 6.07 Å². The first-order chi connectivity index (χ1) is 12.2. The molecule has 1 aromatic carbocycles. The lowest BCUT2D eigenvalue weighted by molar-refractivity contribution is -0.116. The summed E-state index contributed by atoms with van der Waals surface area (Å²) in [7, 11) is 0. The molecular weight excluding hydrogens is 332 g/mol. The number of amides is 1. The molecule has 0 spiro atoms. The predicted octanol–water partition coefficient (Wildman–Crippen LogP) is 2.77. The number of anilines is 1. The SMILES string of the molecule is N#Cc1ccccc1NC(=O)CCN1CCN(Cc2cccs2)CC1. The highest BCUT2D eigenvalue weighted by Crippen LogP contribution is 2.15. The van der Waals surface area contributed by atoms with E-state index in [9.17, 15) is 4.79 Å². The molecule has 0 saturated carbocycles. The van der Waals surface area contributed by atoms with Gasteiger partial charge in [0.2, 0.25) is 5.91 Å². The Morgan fingerprint density at radius 2 is 1.88 bits per heavy atom. The van der Waals surface area contributed by atoms with Gasteiger partial charge in [0.05, 0.1) is 11.3 Å². The van der Waals surface area contributed by atoms with Gasteiger partial charge < -0.3 is 10.2 Å². The molecule has 1 saturated heterocycles. The molecule has 1 fully saturated rings. The van der Waals surface area contributed by atoms with Crippen LogP contribution in [0.15, 0.2) is 41.8 Å². The Bertz CT molecular complexity index is 730. The molecule has 1 amide bonds. The molecule has 130 valence electrons. The summed E-state index contributed by atoms with van der Waals surface area (Å²) in [6, 6.07) is 13.5. The minimum absolute atomic E-state index is 0.0382. The molecule has 1 aromatic heterocycles. The van der Waals surface area contributed by atoms with Gasteiger partial charge in [-0.3, -0.25) is 9.69 Å². The highest BCUT2D eigenvalue weighted by molar-refractivity contribution is 7.09. The van der Waals surface area contributed by atoms with E-state index in [1.807, 2.05) is 6.07 Å². The van der Waals surface area contributed by atoms with Gasteiger partial charge in [-0.25, -0.2) is 0 Å². The van der Waals surface area contributed by atoms with Gasteiger partial charge in [0.15, 0.2) is 0 Å². The molecule has 1 aliphatic heterocycles. The fourth-order valence-electron chi connectivity index (χ4n) is 2.96. The van der Waals surface area contributed by atoms with Crippen LogP contribution >= 0.6 is 11.3 Å². The van der Waals surface area contributed by atoms with Gasteiger partial charge in [0, 0.05) is 50.6 Å². The maximum Gasteiger partial charge on any atom is 0.225 e. The Labute approximate surface area is 152 Å². The molecule has 1 N–H and O–H groups in total. The molecule has 0 radical (unpaired) electrons. The standard InChI is InChI=1S/C19H22N4OS/c20-14-16-4-1-2-6-18(16)21-19(24)7-8-22-9-11-23(12-10-22)15-17-5-3-13-25-17/h1-6,13H,7-12,15H2,(H,21,24). The largest absolute Gasteiger partial charge is 0.325 e. The van der Waals surface area contributed by atoms with Gasteiger partial charge in [-0.05, 0) is 23.6 Å². The lowest BCUT2D eigenvalue weighted by atomic mass is 10.2. The van der Waals surface area contributed by atoms with Gasteiger partial charge in [-0.15, -0.1) is 11.3 Å². The average Bonchev–Trinajstić information content (AvgIpc) is 3.15. The third kappa shape index (κ3) is 5.13. The number of benzene rings is 1. The van der Waals surface area contributed by atoms with Gasteiger partial charge in [-0.1, -0.05) is 18.2 Å². The van der Waals surface area contributed by atoms with E-state index in [0.717, 1.165) is 39.3 Å². The van der Waals surface area contributed by atoms with Gasteiger partial charge in [-0.2, -0.15) is 5.26 Å². The van der Waals surface area contributed by atoms with E-state index in [1.165, 1.54) is 4.88 Å². The molecule has 5 nitrogen and oxygen atoms in total. The summed E-state index contributed by atoms with van der Waals surface area (Å²) in [5.74, 6) is -0.0382. The van der Waals surface area contributed by atoms with Crippen molar-refractivity contribution in [3.63, 3.8) is 0 Å². The number of hydrogen-bond acceptors (Lipinski definition) is 5. The Morgan fingerprint density at radius 1 is 1.12 bits per heavy atom. The van der Waals surface area contributed by atoms with Crippen molar-refractivity contribution in [2.75, 3.05) is 38.0 Å². The molecule has 1 aliphatic rings. The highest BCUT2D eigenvalue weighted by atomic mass is 32.1. The predicted molar refractivity (Wildman–Crippen MR) is 100 cm³/mol. The number of thiophene rings is 1. The van der Waals surface area contributed by atoms with Crippen LogP contribution in [0.5, 0.6) is 0 Å². The summed E-state index contributed by atoms with van der Waals surface area (Å²) < 4.78 is 0. The molecule has 3 rings (SSSR count). The third-order valence-corrected chi connectivity index (χ3v) is 5.26. The Balaban J connectivity index is 1.39. The van der Waals surface area contributed by atoms with Crippen LogP contribution in [-0.2, 0) is 11.3 Å². The summed E-state index contributed by atoms with van der Waals surface area (Å²) in [6.45, 7) is 5.85. The van der Waals surface area contributed by atoms with Crippen LogP contribution in [-0.4, -0.2) is 48.4 Å². The quantitative estimate of drug-likeness (QED) is 0.867. The third-order valence-electron chi connectivity index (χ3n) is 4.40. The maximum absolute atomic E-state index is 12.1. The molecular formula is C19H22N4OS. The lowest BCUT2D eigenvalue weighted by Crippen LogP contribution is -2.46. The van der Waals surface area contributed by atoms with E-state index in [0.29, 0.717) is 17.7 Å². The lowest BCUT2D eigenvalue weighted by Gasteiger charge is -2.34. The van der Waals surface area contributed by atoms with Crippen molar-refractivity contribution >= 4 is 22.9 Å². The van der Waals surface area contributed by atoms with Crippen LogP contribution in [0.25, 0.3) is 0 Å². The topological polar surface area (TPSA) is 59.4 Å². The van der Waals surface area contributed by atoms with Crippen LogP contribution in [0.4, 0.5) is 5.69 Å². The number of carbonyl (C=O) groups is 1. The Morgan fingerprint density at radius 3 is 2.60 bits per heavy atom. The van der Waals surface area contributed by atoms with Crippen LogP contribution in [0, 0.1) is 11.3 Å². The van der Waals surface area contributed by atoms with Gasteiger partial charge in [0.25, 0.3) is 0 Å². The number of hydrogen-bond donors (Lipinski definition) is 1. The van der Waals surface area contributed by atoms with Crippen LogP contribution < -0.4 is 5.32 Å². The first-order valence-electron chi connectivity index (χ1n) is 8.50. The zero-order valence-electron chi connectivity index (χ0n) is 14.1. The fraction of sp³-hybridized carbons (Fsp3) is 0.368. The average molecular weight is 354 g/mol. The Kier molecular flexibility index (Phi) is 6.18. The van der Waals surface area contributed by atoms with Crippen molar-refractivity contribution in [3.8, 4) is 6.07 Å². The number of para-hydroxylation sites is 1. The molecule has 6 heteroatoms. The molecule has 2 heterocycles. The molecule has 0 atom stereocenters. The van der Waals surface area contributed by atoms with Crippen molar-refractivity contribution < 1.29 is 4.79 Å². The zero-order valence-corrected chi connectivity index (χ0v) is 15.0. The first-order valence-corrected chi connectivity index (χ1v) is 9.38. The number of rotatable bonds is 6. The minimum atomic E-state index is -0.0382. The number of carbonyl (C=O) groups excluding carboxylic acids is 1. The van der Waals surface area contributed by atoms with E-state index >= 15 is 0 Å². The fourth-order valence-corrected chi connectivity index (χ4v) is 3.70. The van der Waals surface area contributed by atoms with Crippen molar-refractivity contribution in [2.24, 2.45) is 0 Å². The summed E-state index contributed by atoms with van der Waals surface area (Å²) in [4.78, 5) is 18.3. The number of nitrogens with one attached hydrogen (secondary N) is 1. The molecule has 0 aliphatic carbocycles. The summed E-state index contributed by atoms with van der Waals surface area (Å²) in [5.41, 5.74) is 1.09. The second-order valence-corrected chi connectivity index (χ2v) is 7.18. The zero-order chi connectivity index (χ0) is 17.5. The van der Waals surface area contributed by atoms with Gasteiger partial charge >= 0.3 is 0 Å². The molecule has 0 unspecified atom stereocenters. The summed E-state index contributed by atoms with van der Waals surface area (Å²) in [5, 5.41) is 14.0. The highest BCUT2D eigenvalue weighted by Gasteiger charge is 2.18. The molecule has 25 heavy (non-hydrogen) atoms. The number of nitriles is 1. The van der Waals surface area contributed by atoms with E-state index < -0.39 is 0 Å². The van der Waals surface area contributed by atoms with Crippen LogP contribution in [0.1, 0.15) is 16.9 Å². The van der Waals surface area contributed by atoms with Crippen molar-refractivity contribution in [3.05, 3.63) is 52.2 Å². The van der Waals surface area contributed by atoms with E-state index in [1.54, 1.807) is 29.5 Å². The molecule has 2 aromatic rings. The number of nitrogens with zero attached hydrogens (tertiary/aromatic N) is 3. The van der Waals surface area contributed by atoms with E-state index in [2.05, 4.69) is 38.7 Å².